The number of halogens is 1. The number of aryl methyl sites for hydroxylation is 1. The molecule has 1 nitrogen and oxygen atoms in total. The molecule has 0 saturated carbocycles. The van der Waals surface area contributed by atoms with Gasteiger partial charge in [0.2, 0.25) is 0 Å². The van der Waals surface area contributed by atoms with Gasteiger partial charge in [0.05, 0.1) is 6.61 Å². The SMILES string of the molecule is CCc1ccccc1OCCCCCCl. The largest absolute Gasteiger partial charge is 0.493 e. The van der Waals surface area contributed by atoms with E-state index in [1.807, 2.05) is 12.1 Å². The number of hydrogen-bond acceptors (Lipinski definition) is 1. The summed E-state index contributed by atoms with van der Waals surface area (Å²) in [4.78, 5) is 0. The molecule has 2 heteroatoms. The van der Waals surface area contributed by atoms with Crippen molar-refractivity contribution in [2.75, 3.05) is 12.5 Å². The summed E-state index contributed by atoms with van der Waals surface area (Å²) in [7, 11) is 0. The van der Waals surface area contributed by atoms with Gasteiger partial charge >= 0.3 is 0 Å². The van der Waals surface area contributed by atoms with Crippen molar-refractivity contribution in [1.82, 2.24) is 0 Å². The fourth-order valence-electron chi connectivity index (χ4n) is 1.49. The van der Waals surface area contributed by atoms with Crippen molar-refractivity contribution in [3.63, 3.8) is 0 Å². The molecule has 0 heterocycles. The lowest BCUT2D eigenvalue weighted by Crippen LogP contribution is -1.99. The zero-order valence-electron chi connectivity index (χ0n) is 9.34. The highest BCUT2D eigenvalue weighted by molar-refractivity contribution is 6.17. The Labute approximate surface area is 97.4 Å². The van der Waals surface area contributed by atoms with Crippen LogP contribution in [0.2, 0.25) is 0 Å². The quantitative estimate of drug-likeness (QED) is 0.504. The van der Waals surface area contributed by atoms with E-state index < -0.39 is 0 Å². The second-order valence-corrected chi connectivity index (χ2v) is 3.94. The van der Waals surface area contributed by atoms with Gasteiger partial charge in [-0.1, -0.05) is 25.1 Å². The predicted molar refractivity (Wildman–Crippen MR) is 65.9 cm³/mol. The van der Waals surface area contributed by atoms with Gasteiger partial charge in [-0.2, -0.15) is 0 Å². The van der Waals surface area contributed by atoms with Crippen LogP contribution in [0.15, 0.2) is 24.3 Å². The monoisotopic (exact) mass is 226 g/mol. The third-order valence-corrected chi connectivity index (χ3v) is 2.66. The average Bonchev–Trinajstić information content (AvgIpc) is 2.29. The molecule has 15 heavy (non-hydrogen) atoms. The summed E-state index contributed by atoms with van der Waals surface area (Å²) in [5, 5.41) is 0. The minimum Gasteiger partial charge on any atom is -0.493 e. The van der Waals surface area contributed by atoms with E-state index in [0.29, 0.717) is 0 Å². The van der Waals surface area contributed by atoms with Gasteiger partial charge in [-0.3, -0.25) is 0 Å². The molecule has 0 aromatic heterocycles. The lowest BCUT2D eigenvalue weighted by molar-refractivity contribution is 0.303. The van der Waals surface area contributed by atoms with Crippen molar-refractivity contribution >= 4 is 11.6 Å². The van der Waals surface area contributed by atoms with Crippen LogP contribution >= 0.6 is 11.6 Å². The topological polar surface area (TPSA) is 9.23 Å². The number of benzene rings is 1. The van der Waals surface area contributed by atoms with E-state index in [0.717, 1.165) is 43.9 Å². The molecule has 0 aliphatic carbocycles. The molecule has 1 aromatic rings. The maximum Gasteiger partial charge on any atom is 0.122 e. The molecule has 0 N–H and O–H groups in total. The second-order valence-electron chi connectivity index (χ2n) is 3.56. The van der Waals surface area contributed by atoms with Crippen LogP contribution in [0.25, 0.3) is 0 Å². The van der Waals surface area contributed by atoms with E-state index >= 15 is 0 Å². The van der Waals surface area contributed by atoms with Gasteiger partial charge in [-0.05, 0) is 37.3 Å². The van der Waals surface area contributed by atoms with Crippen LogP contribution in [0.1, 0.15) is 31.7 Å². The van der Waals surface area contributed by atoms with E-state index in [1.54, 1.807) is 0 Å². The molecule has 84 valence electrons. The maximum absolute atomic E-state index is 5.73. The zero-order valence-corrected chi connectivity index (χ0v) is 10.1. The van der Waals surface area contributed by atoms with Gasteiger partial charge in [0.25, 0.3) is 0 Å². The van der Waals surface area contributed by atoms with Gasteiger partial charge in [-0.25, -0.2) is 0 Å². The van der Waals surface area contributed by atoms with Crippen LogP contribution in [-0.2, 0) is 6.42 Å². The lowest BCUT2D eigenvalue weighted by Gasteiger charge is -2.09. The first-order valence-corrected chi connectivity index (χ1v) is 6.18. The Morgan fingerprint density at radius 3 is 2.67 bits per heavy atom. The fraction of sp³-hybridized carbons (Fsp3) is 0.538. The van der Waals surface area contributed by atoms with E-state index in [1.165, 1.54) is 5.56 Å². The molecule has 0 radical (unpaired) electrons. The van der Waals surface area contributed by atoms with Crippen LogP contribution in [-0.4, -0.2) is 12.5 Å². The van der Waals surface area contributed by atoms with Crippen LogP contribution in [0.5, 0.6) is 5.75 Å². The number of rotatable bonds is 7. The Hall–Kier alpha value is -0.690. The molecule has 0 aliphatic rings. The molecular weight excluding hydrogens is 208 g/mol. The summed E-state index contributed by atoms with van der Waals surface area (Å²) in [5.74, 6) is 1.79. The van der Waals surface area contributed by atoms with Crippen LogP contribution < -0.4 is 4.74 Å². The number of ether oxygens (including phenoxy) is 1. The minimum atomic E-state index is 0.756. The first kappa shape index (κ1) is 12.4. The lowest BCUT2D eigenvalue weighted by atomic mass is 10.1. The molecule has 1 rings (SSSR count). The maximum atomic E-state index is 5.73. The summed E-state index contributed by atoms with van der Waals surface area (Å²) >= 11 is 5.60. The van der Waals surface area contributed by atoms with Gasteiger partial charge in [0, 0.05) is 5.88 Å². The highest BCUT2D eigenvalue weighted by Crippen LogP contribution is 2.18. The standard InChI is InChI=1S/C13H19ClO/c1-2-12-8-4-5-9-13(12)15-11-7-3-6-10-14/h4-5,8-9H,2-3,6-7,10-11H2,1H3. The minimum absolute atomic E-state index is 0.756. The molecule has 0 aliphatic heterocycles. The van der Waals surface area contributed by atoms with E-state index in [9.17, 15) is 0 Å². The number of unbranched alkanes of at least 4 members (excludes halogenated alkanes) is 2. The predicted octanol–water partition coefficient (Wildman–Crippen LogP) is 4.04. The van der Waals surface area contributed by atoms with Crippen LogP contribution in [0.3, 0.4) is 0 Å². The second kappa shape index (κ2) is 7.58. The van der Waals surface area contributed by atoms with Crippen LogP contribution in [0.4, 0.5) is 0 Å². The summed E-state index contributed by atoms with van der Waals surface area (Å²) in [6.45, 7) is 2.95. The molecule has 1 aromatic carbocycles. The molecule has 0 atom stereocenters. The highest BCUT2D eigenvalue weighted by Gasteiger charge is 1.99. The summed E-state index contributed by atoms with van der Waals surface area (Å²) in [6, 6.07) is 8.24. The summed E-state index contributed by atoms with van der Waals surface area (Å²) < 4.78 is 5.73. The average molecular weight is 227 g/mol. The fourth-order valence-corrected chi connectivity index (χ4v) is 1.68. The number of hydrogen-bond donors (Lipinski definition) is 0. The third-order valence-electron chi connectivity index (χ3n) is 2.39. The first-order chi connectivity index (χ1) is 7.38. The smallest absolute Gasteiger partial charge is 0.122 e. The molecule has 0 amide bonds. The first-order valence-electron chi connectivity index (χ1n) is 5.65. The van der Waals surface area contributed by atoms with Crippen LogP contribution in [0, 0.1) is 0 Å². The van der Waals surface area contributed by atoms with Crippen molar-refractivity contribution in [2.24, 2.45) is 0 Å². The van der Waals surface area contributed by atoms with Crippen molar-refractivity contribution in [3.8, 4) is 5.75 Å². The van der Waals surface area contributed by atoms with Crippen molar-refractivity contribution in [1.29, 1.82) is 0 Å². The van der Waals surface area contributed by atoms with Crippen molar-refractivity contribution < 1.29 is 4.74 Å². The highest BCUT2D eigenvalue weighted by atomic mass is 35.5. The van der Waals surface area contributed by atoms with Gasteiger partial charge in [-0.15, -0.1) is 11.6 Å². The normalized spacial score (nSPS) is 10.3. The molecular formula is C13H19ClO. The van der Waals surface area contributed by atoms with E-state index in [-0.39, 0.29) is 0 Å². The van der Waals surface area contributed by atoms with Gasteiger partial charge in [0.15, 0.2) is 0 Å². The Bertz CT molecular complexity index is 273. The Balaban J connectivity index is 2.30. The molecule has 0 spiro atoms. The molecule has 0 saturated heterocycles. The number of para-hydroxylation sites is 1. The van der Waals surface area contributed by atoms with Crippen molar-refractivity contribution in [3.05, 3.63) is 29.8 Å². The Morgan fingerprint density at radius 1 is 1.13 bits per heavy atom. The zero-order chi connectivity index (χ0) is 10.9. The van der Waals surface area contributed by atoms with Gasteiger partial charge in [0.1, 0.15) is 5.75 Å². The molecule has 0 unspecified atom stereocenters. The summed E-state index contributed by atoms with van der Waals surface area (Å²) in [5.41, 5.74) is 1.29. The number of alkyl halides is 1. The van der Waals surface area contributed by atoms with Gasteiger partial charge < -0.3 is 4.74 Å². The van der Waals surface area contributed by atoms with E-state index in [4.69, 9.17) is 16.3 Å². The third kappa shape index (κ3) is 4.57. The van der Waals surface area contributed by atoms with E-state index in [2.05, 4.69) is 19.1 Å². The summed E-state index contributed by atoms with van der Waals surface area (Å²) in [6.07, 6.45) is 4.35. The molecule has 0 bridgehead atoms. The molecule has 0 fully saturated rings. The Kier molecular flexibility index (Phi) is 6.26. The Morgan fingerprint density at radius 2 is 1.93 bits per heavy atom. The van der Waals surface area contributed by atoms with Crippen molar-refractivity contribution in [2.45, 2.75) is 32.6 Å².